The van der Waals surface area contributed by atoms with Crippen LogP contribution < -0.4 is 10.1 Å². The van der Waals surface area contributed by atoms with Crippen LogP contribution in [0.25, 0.3) is 0 Å². The fourth-order valence-electron chi connectivity index (χ4n) is 2.67. The maximum Gasteiger partial charge on any atom is 0.150 e. The highest BCUT2D eigenvalue weighted by atomic mass is 32.2. The molecule has 0 aliphatic carbocycles. The van der Waals surface area contributed by atoms with Crippen molar-refractivity contribution in [2.24, 2.45) is 0 Å². The van der Waals surface area contributed by atoms with E-state index in [0.717, 1.165) is 25.1 Å². The van der Waals surface area contributed by atoms with Gasteiger partial charge in [0.2, 0.25) is 0 Å². The molecular weight excluding hydrogens is 274 g/mol. The molecule has 2 rings (SSSR count). The Kier molecular flexibility index (Phi) is 5.05. The van der Waals surface area contributed by atoms with Gasteiger partial charge in [0.25, 0.3) is 0 Å². The molecule has 0 radical (unpaired) electrons. The topological polar surface area (TPSA) is 55.4 Å². The number of hydrogen-bond acceptors (Lipinski definition) is 4. The summed E-state index contributed by atoms with van der Waals surface area (Å²) in [5.74, 6) is 1.41. The molecule has 1 aliphatic heterocycles. The molecule has 0 saturated heterocycles. The van der Waals surface area contributed by atoms with E-state index in [9.17, 15) is 8.42 Å². The molecule has 1 heterocycles. The van der Waals surface area contributed by atoms with E-state index < -0.39 is 9.84 Å². The third kappa shape index (κ3) is 3.73. The lowest BCUT2D eigenvalue weighted by Gasteiger charge is -2.27. The van der Waals surface area contributed by atoms with E-state index in [0.29, 0.717) is 6.42 Å². The lowest BCUT2D eigenvalue weighted by molar-refractivity contribution is 0.411. The molecule has 1 atom stereocenters. The second kappa shape index (κ2) is 6.59. The molecule has 4 nitrogen and oxygen atoms in total. The van der Waals surface area contributed by atoms with Gasteiger partial charge >= 0.3 is 0 Å². The van der Waals surface area contributed by atoms with Crippen molar-refractivity contribution < 1.29 is 13.2 Å². The minimum Gasteiger partial charge on any atom is -0.497 e. The van der Waals surface area contributed by atoms with Gasteiger partial charge in [0.15, 0.2) is 0 Å². The summed E-state index contributed by atoms with van der Waals surface area (Å²) in [5, 5.41) is 3.48. The molecule has 20 heavy (non-hydrogen) atoms. The molecule has 0 fully saturated rings. The zero-order valence-corrected chi connectivity index (χ0v) is 13.0. The predicted octanol–water partition coefficient (Wildman–Crippen LogP) is 2.10. The van der Waals surface area contributed by atoms with Crippen molar-refractivity contribution in [2.45, 2.75) is 32.2 Å². The van der Waals surface area contributed by atoms with Crippen molar-refractivity contribution in [3.05, 3.63) is 29.3 Å². The number of methoxy groups -OCH3 is 1. The summed E-state index contributed by atoms with van der Waals surface area (Å²) >= 11 is 0. The van der Waals surface area contributed by atoms with E-state index in [4.69, 9.17) is 4.74 Å². The highest BCUT2D eigenvalue weighted by molar-refractivity contribution is 7.91. The molecule has 1 unspecified atom stereocenters. The van der Waals surface area contributed by atoms with E-state index >= 15 is 0 Å². The molecule has 0 spiro atoms. The van der Waals surface area contributed by atoms with Crippen LogP contribution in [0.15, 0.2) is 18.2 Å². The molecule has 1 aromatic carbocycles. The molecule has 1 N–H and O–H groups in total. The van der Waals surface area contributed by atoms with Gasteiger partial charge in [-0.25, -0.2) is 8.42 Å². The average Bonchev–Trinajstić information content (AvgIpc) is 2.46. The Morgan fingerprint density at radius 2 is 2.20 bits per heavy atom. The maximum absolute atomic E-state index is 11.5. The number of sulfone groups is 1. The Labute approximate surface area is 121 Å². The molecular formula is C15H23NO3S. The van der Waals surface area contributed by atoms with Gasteiger partial charge in [0.1, 0.15) is 15.6 Å². The van der Waals surface area contributed by atoms with Gasteiger partial charge in [0.05, 0.1) is 12.9 Å². The predicted molar refractivity (Wildman–Crippen MR) is 81.0 cm³/mol. The Morgan fingerprint density at radius 3 is 2.90 bits per heavy atom. The van der Waals surface area contributed by atoms with E-state index in [-0.39, 0.29) is 17.5 Å². The van der Waals surface area contributed by atoms with E-state index in [1.54, 1.807) is 14.0 Å². The summed E-state index contributed by atoms with van der Waals surface area (Å²) in [7, 11) is -1.18. The summed E-state index contributed by atoms with van der Waals surface area (Å²) in [6.45, 7) is 2.64. The molecule has 0 saturated carbocycles. The summed E-state index contributed by atoms with van der Waals surface area (Å²) in [6.07, 6.45) is 2.56. The van der Waals surface area contributed by atoms with E-state index in [1.165, 1.54) is 11.1 Å². The van der Waals surface area contributed by atoms with Gasteiger partial charge < -0.3 is 10.1 Å². The van der Waals surface area contributed by atoms with Gasteiger partial charge in [-0.1, -0.05) is 13.0 Å². The van der Waals surface area contributed by atoms with Crippen molar-refractivity contribution in [3.8, 4) is 5.75 Å². The first-order chi connectivity index (χ1) is 9.55. The number of fused-ring (bicyclic) bond motifs is 1. The van der Waals surface area contributed by atoms with Crippen LogP contribution in [-0.4, -0.2) is 33.6 Å². The van der Waals surface area contributed by atoms with Crippen molar-refractivity contribution in [1.82, 2.24) is 5.32 Å². The van der Waals surface area contributed by atoms with Crippen molar-refractivity contribution in [1.29, 1.82) is 0 Å². The number of benzene rings is 1. The standard InChI is InChI=1S/C15H23NO3S/c1-3-20(17,18)10-4-5-15-14-7-6-13(19-2)11-12(14)8-9-16-15/h6-7,11,15-16H,3-5,8-10H2,1-2H3. The minimum atomic E-state index is -2.86. The summed E-state index contributed by atoms with van der Waals surface area (Å²) in [5.41, 5.74) is 2.59. The monoisotopic (exact) mass is 297 g/mol. The highest BCUT2D eigenvalue weighted by Gasteiger charge is 2.20. The normalized spacial score (nSPS) is 18.6. The van der Waals surface area contributed by atoms with Crippen LogP contribution >= 0.6 is 0 Å². The van der Waals surface area contributed by atoms with Gasteiger partial charge in [-0.05, 0) is 49.1 Å². The highest BCUT2D eigenvalue weighted by Crippen LogP contribution is 2.29. The first-order valence-electron chi connectivity index (χ1n) is 7.16. The molecule has 1 aromatic rings. The summed E-state index contributed by atoms with van der Waals surface area (Å²) in [6, 6.07) is 6.42. The second-order valence-electron chi connectivity index (χ2n) is 5.20. The van der Waals surface area contributed by atoms with Crippen LogP contribution in [0.2, 0.25) is 0 Å². The number of nitrogens with one attached hydrogen (secondary N) is 1. The van der Waals surface area contributed by atoms with Crippen molar-refractivity contribution in [2.75, 3.05) is 25.2 Å². The van der Waals surface area contributed by atoms with Crippen LogP contribution in [0.3, 0.4) is 0 Å². The second-order valence-corrected chi connectivity index (χ2v) is 7.67. The Bertz CT molecular complexity index is 554. The fourth-order valence-corrected chi connectivity index (χ4v) is 3.56. The smallest absolute Gasteiger partial charge is 0.150 e. The Hall–Kier alpha value is -1.07. The Balaban J connectivity index is 2.02. The van der Waals surface area contributed by atoms with Gasteiger partial charge in [-0.2, -0.15) is 0 Å². The molecule has 0 amide bonds. The first kappa shape index (κ1) is 15.3. The molecule has 112 valence electrons. The van der Waals surface area contributed by atoms with Crippen LogP contribution in [0.1, 0.15) is 36.9 Å². The van der Waals surface area contributed by atoms with Gasteiger partial charge in [-0.15, -0.1) is 0 Å². The summed E-state index contributed by atoms with van der Waals surface area (Å²) in [4.78, 5) is 0. The minimum absolute atomic E-state index is 0.235. The lowest BCUT2D eigenvalue weighted by Crippen LogP contribution is -2.30. The zero-order valence-electron chi connectivity index (χ0n) is 12.2. The third-order valence-corrected chi connectivity index (χ3v) is 5.69. The van der Waals surface area contributed by atoms with E-state index in [1.807, 2.05) is 6.07 Å². The molecule has 1 aliphatic rings. The Morgan fingerprint density at radius 1 is 1.40 bits per heavy atom. The van der Waals surface area contributed by atoms with Crippen molar-refractivity contribution in [3.63, 3.8) is 0 Å². The van der Waals surface area contributed by atoms with Crippen LogP contribution in [0.5, 0.6) is 5.75 Å². The van der Waals surface area contributed by atoms with Crippen LogP contribution in [0, 0.1) is 0 Å². The maximum atomic E-state index is 11.5. The van der Waals surface area contributed by atoms with Gasteiger partial charge in [-0.3, -0.25) is 0 Å². The number of rotatable bonds is 6. The lowest BCUT2D eigenvalue weighted by atomic mass is 9.91. The SMILES string of the molecule is CCS(=O)(=O)CCCC1NCCc2cc(OC)ccc21. The quantitative estimate of drug-likeness (QED) is 0.873. The fraction of sp³-hybridized carbons (Fsp3) is 0.600. The molecule has 5 heteroatoms. The largest absolute Gasteiger partial charge is 0.497 e. The molecule has 0 bridgehead atoms. The third-order valence-electron chi connectivity index (χ3n) is 3.90. The van der Waals surface area contributed by atoms with Crippen molar-refractivity contribution >= 4 is 9.84 Å². The van der Waals surface area contributed by atoms with E-state index in [2.05, 4.69) is 17.4 Å². The van der Waals surface area contributed by atoms with Gasteiger partial charge in [0, 0.05) is 11.8 Å². The first-order valence-corrected chi connectivity index (χ1v) is 8.98. The van der Waals surface area contributed by atoms with Crippen LogP contribution in [-0.2, 0) is 16.3 Å². The zero-order chi connectivity index (χ0) is 14.6. The molecule has 0 aromatic heterocycles. The number of ether oxygens (including phenoxy) is 1. The average molecular weight is 297 g/mol. The van der Waals surface area contributed by atoms with Crippen LogP contribution in [0.4, 0.5) is 0 Å². The number of hydrogen-bond donors (Lipinski definition) is 1. The summed E-state index contributed by atoms with van der Waals surface area (Å²) < 4.78 is 28.3.